The first kappa shape index (κ1) is 16.9. The Labute approximate surface area is 140 Å². The zero-order valence-electron chi connectivity index (χ0n) is 14.3. The van der Waals surface area contributed by atoms with Gasteiger partial charge in [-0.2, -0.15) is 0 Å². The second-order valence-electron chi connectivity index (χ2n) is 6.81. The molecule has 132 valence electrons. The standard InChI is InChI=1S/C16H25N5O3/c1-11-13(15(23)18-16(24)17-11)9-14(22)21-4-3-12(10-21)20-7-5-19(2)6-8-20/h12H,3-10H2,1-2H3,(H2,17,18,23,24)/t12-/m1/s1. The Bertz CT molecular complexity index is 717. The van der Waals surface area contributed by atoms with E-state index in [1.54, 1.807) is 6.92 Å². The third kappa shape index (κ3) is 3.59. The van der Waals surface area contributed by atoms with Crippen LogP contribution in [0.4, 0.5) is 0 Å². The molecule has 2 N–H and O–H groups in total. The molecule has 1 amide bonds. The van der Waals surface area contributed by atoms with Gasteiger partial charge < -0.3 is 14.8 Å². The first-order valence-corrected chi connectivity index (χ1v) is 8.46. The lowest BCUT2D eigenvalue weighted by Gasteiger charge is -2.36. The summed E-state index contributed by atoms with van der Waals surface area (Å²) in [7, 11) is 2.13. The van der Waals surface area contributed by atoms with E-state index in [1.165, 1.54) is 0 Å². The van der Waals surface area contributed by atoms with Crippen molar-refractivity contribution in [1.82, 2.24) is 24.7 Å². The summed E-state index contributed by atoms with van der Waals surface area (Å²) in [5, 5.41) is 0. The second-order valence-corrected chi connectivity index (χ2v) is 6.81. The molecule has 1 aromatic rings. The van der Waals surface area contributed by atoms with E-state index in [1.807, 2.05) is 4.90 Å². The van der Waals surface area contributed by atoms with Gasteiger partial charge in [0.15, 0.2) is 0 Å². The summed E-state index contributed by atoms with van der Waals surface area (Å²) in [6.45, 7) is 7.33. The number of nitrogens with one attached hydrogen (secondary N) is 2. The lowest BCUT2D eigenvalue weighted by Crippen LogP contribution is -2.50. The van der Waals surface area contributed by atoms with Crippen molar-refractivity contribution in [3.05, 3.63) is 32.1 Å². The summed E-state index contributed by atoms with van der Waals surface area (Å²) in [6, 6.07) is 0.414. The number of hydrogen-bond acceptors (Lipinski definition) is 5. The number of aromatic amines is 2. The molecule has 2 aliphatic heterocycles. The molecule has 0 aromatic carbocycles. The molecule has 2 fully saturated rings. The molecule has 0 saturated carbocycles. The number of likely N-dealkylation sites (tertiary alicyclic amines) is 1. The van der Waals surface area contributed by atoms with Crippen LogP contribution in [0.5, 0.6) is 0 Å². The largest absolute Gasteiger partial charge is 0.341 e. The van der Waals surface area contributed by atoms with Crippen molar-refractivity contribution in [1.29, 1.82) is 0 Å². The molecule has 2 aliphatic rings. The van der Waals surface area contributed by atoms with E-state index in [9.17, 15) is 14.4 Å². The van der Waals surface area contributed by atoms with Crippen LogP contribution < -0.4 is 11.2 Å². The second kappa shape index (κ2) is 6.90. The van der Waals surface area contributed by atoms with Crippen molar-refractivity contribution in [2.24, 2.45) is 0 Å². The van der Waals surface area contributed by atoms with Crippen molar-refractivity contribution >= 4 is 5.91 Å². The molecular weight excluding hydrogens is 310 g/mol. The van der Waals surface area contributed by atoms with Crippen LogP contribution in [0, 0.1) is 6.92 Å². The zero-order valence-corrected chi connectivity index (χ0v) is 14.3. The third-order valence-corrected chi connectivity index (χ3v) is 5.15. The highest BCUT2D eigenvalue weighted by Crippen LogP contribution is 2.18. The Kier molecular flexibility index (Phi) is 4.86. The van der Waals surface area contributed by atoms with E-state index >= 15 is 0 Å². The average Bonchev–Trinajstić information content (AvgIpc) is 3.01. The van der Waals surface area contributed by atoms with Gasteiger partial charge in [-0.3, -0.25) is 19.5 Å². The summed E-state index contributed by atoms with van der Waals surface area (Å²) in [5.74, 6) is -0.0488. The smallest absolute Gasteiger partial charge is 0.325 e. The molecule has 3 heterocycles. The van der Waals surface area contributed by atoms with Crippen molar-refractivity contribution < 1.29 is 4.79 Å². The topological polar surface area (TPSA) is 92.5 Å². The Hall–Kier alpha value is -1.93. The van der Waals surface area contributed by atoms with Crippen molar-refractivity contribution in [2.75, 3.05) is 46.3 Å². The number of H-pyrrole nitrogens is 2. The van der Waals surface area contributed by atoms with E-state index in [0.29, 0.717) is 17.3 Å². The molecule has 0 spiro atoms. The highest BCUT2D eigenvalue weighted by atomic mass is 16.2. The van der Waals surface area contributed by atoms with Crippen molar-refractivity contribution in [2.45, 2.75) is 25.8 Å². The van der Waals surface area contributed by atoms with Gasteiger partial charge in [0.2, 0.25) is 5.91 Å². The Morgan fingerprint density at radius 1 is 1.12 bits per heavy atom. The summed E-state index contributed by atoms with van der Waals surface area (Å²) in [4.78, 5) is 47.0. The zero-order chi connectivity index (χ0) is 17.3. The van der Waals surface area contributed by atoms with Crippen LogP contribution >= 0.6 is 0 Å². The van der Waals surface area contributed by atoms with Gasteiger partial charge in [-0.1, -0.05) is 0 Å². The number of aromatic nitrogens is 2. The number of aryl methyl sites for hydroxylation is 1. The number of amides is 1. The Morgan fingerprint density at radius 2 is 1.83 bits per heavy atom. The van der Waals surface area contributed by atoms with Gasteiger partial charge in [-0.05, 0) is 20.4 Å². The number of rotatable bonds is 3. The van der Waals surface area contributed by atoms with E-state index < -0.39 is 11.2 Å². The summed E-state index contributed by atoms with van der Waals surface area (Å²) in [5.41, 5.74) is -0.195. The van der Waals surface area contributed by atoms with Crippen LogP contribution in [0.25, 0.3) is 0 Å². The van der Waals surface area contributed by atoms with Crippen LogP contribution in [-0.4, -0.2) is 82.9 Å². The summed E-state index contributed by atoms with van der Waals surface area (Å²) < 4.78 is 0. The molecular formula is C16H25N5O3. The highest BCUT2D eigenvalue weighted by Gasteiger charge is 2.31. The molecule has 8 heteroatoms. The van der Waals surface area contributed by atoms with Gasteiger partial charge in [0.25, 0.3) is 5.56 Å². The molecule has 0 bridgehead atoms. The molecule has 1 atom stereocenters. The lowest BCUT2D eigenvalue weighted by atomic mass is 10.1. The maximum absolute atomic E-state index is 12.5. The van der Waals surface area contributed by atoms with Gasteiger partial charge >= 0.3 is 5.69 Å². The number of likely N-dealkylation sites (N-methyl/N-ethyl adjacent to an activating group) is 1. The van der Waals surface area contributed by atoms with Gasteiger partial charge in [0.1, 0.15) is 0 Å². The predicted octanol–water partition coefficient (Wildman–Crippen LogP) is -1.24. The highest BCUT2D eigenvalue weighted by molar-refractivity contribution is 5.79. The maximum atomic E-state index is 12.5. The van der Waals surface area contributed by atoms with Gasteiger partial charge in [0, 0.05) is 56.6 Å². The molecule has 1 aromatic heterocycles. The van der Waals surface area contributed by atoms with Gasteiger partial charge in [0.05, 0.1) is 6.42 Å². The van der Waals surface area contributed by atoms with Crippen LogP contribution in [0.15, 0.2) is 9.59 Å². The van der Waals surface area contributed by atoms with Crippen molar-refractivity contribution in [3.8, 4) is 0 Å². The van der Waals surface area contributed by atoms with Crippen molar-refractivity contribution in [3.63, 3.8) is 0 Å². The number of carbonyl (C=O) groups excluding carboxylic acids is 1. The minimum absolute atomic E-state index is 0.0351. The summed E-state index contributed by atoms with van der Waals surface area (Å²) in [6.07, 6.45) is 1.02. The fourth-order valence-electron chi connectivity index (χ4n) is 3.56. The molecule has 2 saturated heterocycles. The Balaban J connectivity index is 1.61. The number of nitrogens with zero attached hydrogens (tertiary/aromatic N) is 3. The third-order valence-electron chi connectivity index (χ3n) is 5.15. The van der Waals surface area contributed by atoms with E-state index in [-0.39, 0.29) is 12.3 Å². The van der Waals surface area contributed by atoms with Crippen LogP contribution in [0.2, 0.25) is 0 Å². The fraction of sp³-hybridized carbons (Fsp3) is 0.688. The van der Waals surface area contributed by atoms with E-state index in [0.717, 1.165) is 45.7 Å². The molecule has 0 aliphatic carbocycles. The van der Waals surface area contributed by atoms with Crippen LogP contribution in [-0.2, 0) is 11.2 Å². The predicted molar refractivity (Wildman–Crippen MR) is 90.2 cm³/mol. The number of hydrogen-bond donors (Lipinski definition) is 2. The van der Waals surface area contributed by atoms with E-state index in [4.69, 9.17) is 0 Å². The summed E-state index contributed by atoms with van der Waals surface area (Å²) >= 11 is 0. The number of carbonyl (C=O) groups is 1. The fourth-order valence-corrected chi connectivity index (χ4v) is 3.56. The SMILES string of the molecule is Cc1[nH]c(=O)[nH]c(=O)c1CC(=O)N1CC[C@@H](N2CCN(C)CC2)C1. The lowest BCUT2D eigenvalue weighted by molar-refractivity contribution is -0.129. The van der Waals surface area contributed by atoms with Crippen LogP contribution in [0.3, 0.4) is 0 Å². The molecule has 3 rings (SSSR count). The van der Waals surface area contributed by atoms with Gasteiger partial charge in [-0.25, -0.2) is 4.79 Å². The molecule has 8 nitrogen and oxygen atoms in total. The molecule has 0 radical (unpaired) electrons. The molecule has 24 heavy (non-hydrogen) atoms. The minimum Gasteiger partial charge on any atom is -0.341 e. The monoisotopic (exact) mass is 335 g/mol. The first-order valence-electron chi connectivity index (χ1n) is 8.46. The molecule has 0 unspecified atom stereocenters. The maximum Gasteiger partial charge on any atom is 0.325 e. The normalized spacial score (nSPS) is 22.9. The average molecular weight is 335 g/mol. The van der Waals surface area contributed by atoms with Gasteiger partial charge in [-0.15, -0.1) is 0 Å². The Morgan fingerprint density at radius 3 is 2.50 bits per heavy atom. The van der Waals surface area contributed by atoms with E-state index in [2.05, 4.69) is 26.8 Å². The quantitative estimate of drug-likeness (QED) is 0.721. The van der Waals surface area contributed by atoms with Crippen LogP contribution in [0.1, 0.15) is 17.7 Å². The number of piperazine rings is 1. The minimum atomic E-state index is -0.537. The first-order chi connectivity index (χ1) is 11.4.